The van der Waals surface area contributed by atoms with Crippen LogP contribution in [0.3, 0.4) is 0 Å². The molecule has 0 saturated carbocycles. The number of anilines is 5. The number of benzene rings is 4. The summed E-state index contributed by atoms with van der Waals surface area (Å²) in [5.41, 5.74) is 13.6. The Kier molecular flexibility index (Phi) is 7.27. The standard InChI is InChI=1S/C28H30N4/c29-24-10-12-25(13-11-24)30-20-18-22-6-8-23(9-7-22)19-21-31-26-14-16-28(17-15-26)32-27-4-2-1-3-5-27/h1-17,30-32H,18-21,29H2. The van der Waals surface area contributed by atoms with Gasteiger partial charge < -0.3 is 21.7 Å². The molecule has 0 unspecified atom stereocenters. The van der Waals surface area contributed by atoms with Crippen molar-refractivity contribution in [3.8, 4) is 0 Å². The maximum atomic E-state index is 5.73. The molecule has 0 fully saturated rings. The lowest BCUT2D eigenvalue weighted by Crippen LogP contribution is -2.06. The van der Waals surface area contributed by atoms with E-state index in [9.17, 15) is 0 Å². The molecule has 0 aliphatic carbocycles. The summed E-state index contributed by atoms with van der Waals surface area (Å²) in [7, 11) is 0. The summed E-state index contributed by atoms with van der Waals surface area (Å²) in [6.07, 6.45) is 1.99. The third-order valence-corrected chi connectivity index (χ3v) is 5.37. The first-order valence-electron chi connectivity index (χ1n) is 11.1. The van der Waals surface area contributed by atoms with Gasteiger partial charge in [-0.05, 0) is 84.6 Å². The van der Waals surface area contributed by atoms with Crippen molar-refractivity contribution < 1.29 is 0 Å². The summed E-state index contributed by atoms with van der Waals surface area (Å²) in [4.78, 5) is 0. The Hall–Kier alpha value is -3.92. The first kappa shape index (κ1) is 21.3. The molecule has 0 saturated heterocycles. The number of nitrogens with one attached hydrogen (secondary N) is 3. The highest BCUT2D eigenvalue weighted by atomic mass is 14.9. The second-order valence-corrected chi connectivity index (χ2v) is 7.86. The van der Waals surface area contributed by atoms with Gasteiger partial charge in [0.15, 0.2) is 0 Å². The molecule has 4 aromatic rings. The highest BCUT2D eigenvalue weighted by molar-refractivity contribution is 5.62. The third kappa shape index (κ3) is 6.54. The molecule has 4 rings (SSSR count). The van der Waals surface area contributed by atoms with Gasteiger partial charge in [-0.25, -0.2) is 0 Å². The van der Waals surface area contributed by atoms with E-state index in [1.165, 1.54) is 11.1 Å². The van der Waals surface area contributed by atoms with Crippen LogP contribution in [0.2, 0.25) is 0 Å². The average Bonchev–Trinajstić information content (AvgIpc) is 2.83. The number of hydrogen-bond donors (Lipinski definition) is 4. The molecule has 0 aromatic heterocycles. The van der Waals surface area contributed by atoms with E-state index in [4.69, 9.17) is 5.73 Å². The molecule has 4 nitrogen and oxygen atoms in total. The van der Waals surface area contributed by atoms with E-state index >= 15 is 0 Å². The van der Waals surface area contributed by atoms with Gasteiger partial charge in [0.05, 0.1) is 0 Å². The highest BCUT2D eigenvalue weighted by Crippen LogP contribution is 2.19. The predicted octanol–water partition coefficient (Wildman–Crippen LogP) is 6.32. The molecule has 4 heteroatoms. The Morgan fingerprint density at radius 2 is 0.906 bits per heavy atom. The second kappa shape index (κ2) is 10.9. The molecule has 5 N–H and O–H groups in total. The Balaban J connectivity index is 1.17. The van der Waals surface area contributed by atoms with Gasteiger partial charge in [-0.15, -0.1) is 0 Å². The third-order valence-electron chi connectivity index (χ3n) is 5.37. The van der Waals surface area contributed by atoms with Crippen molar-refractivity contribution in [2.75, 3.05) is 34.8 Å². The normalized spacial score (nSPS) is 10.5. The van der Waals surface area contributed by atoms with Crippen LogP contribution in [0, 0.1) is 0 Å². The summed E-state index contributed by atoms with van der Waals surface area (Å²) < 4.78 is 0. The number of rotatable bonds is 10. The minimum Gasteiger partial charge on any atom is -0.399 e. The van der Waals surface area contributed by atoms with E-state index in [2.05, 4.69) is 76.6 Å². The van der Waals surface area contributed by atoms with E-state index in [1.807, 2.05) is 42.5 Å². The zero-order chi connectivity index (χ0) is 22.0. The van der Waals surface area contributed by atoms with Crippen LogP contribution < -0.4 is 21.7 Å². The molecule has 0 radical (unpaired) electrons. The zero-order valence-corrected chi connectivity index (χ0v) is 18.2. The second-order valence-electron chi connectivity index (χ2n) is 7.86. The van der Waals surface area contributed by atoms with Crippen LogP contribution in [-0.4, -0.2) is 13.1 Å². The van der Waals surface area contributed by atoms with Crippen molar-refractivity contribution in [3.05, 3.63) is 114 Å². The van der Waals surface area contributed by atoms with Gasteiger partial charge in [0.1, 0.15) is 0 Å². The fraction of sp³-hybridized carbons (Fsp3) is 0.143. The van der Waals surface area contributed by atoms with Gasteiger partial charge in [0.2, 0.25) is 0 Å². The van der Waals surface area contributed by atoms with Crippen molar-refractivity contribution in [3.63, 3.8) is 0 Å². The number of nitrogens with two attached hydrogens (primary N) is 1. The lowest BCUT2D eigenvalue weighted by molar-refractivity contribution is 0.996. The lowest BCUT2D eigenvalue weighted by Gasteiger charge is -2.10. The molecule has 0 aliphatic rings. The Morgan fingerprint density at radius 3 is 1.44 bits per heavy atom. The molecular formula is C28H30N4. The summed E-state index contributed by atoms with van der Waals surface area (Å²) in [6, 6.07) is 35.4. The van der Waals surface area contributed by atoms with E-state index in [0.717, 1.165) is 54.4 Å². The quantitative estimate of drug-likeness (QED) is 0.226. The molecule has 0 aliphatic heterocycles. The first-order chi connectivity index (χ1) is 15.7. The Bertz CT molecular complexity index is 1070. The van der Waals surface area contributed by atoms with E-state index in [-0.39, 0.29) is 0 Å². The topological polar surface area (TPSA) is 62.1 Å². The molecule has 0 spiro atoms. The van der Waals surface area contributed by atoms with Gasteiger partial charge >= 0.3 is 0 Å². The zero-order valence-electron chi connectivity index (χ0n) is 18.2. The van der Waals surface area contributed by atoms with Crippen LogP contribution in [-0.2, 0) is 12.8 Å². The lowest BCUT2D eigenvalue weighted by atomic mass is 10.1. The minimum absolute atomic E-state index is 0.790. The monoisotopic (exact) mass is 422 g/mol. The van der Waals surface area contributed by atoms with Crippen molar-refractivity contribution in [1.82, 2.24) is 0 Å². The molecule has 0 atom stereocenters. The van der Waals surface area contributed by atoms with Crippen LogP contribution in [0.1, 0.15) is 11.1 Å². The fourth-order valence-corrected chi connectivity index (χ4v) is 3.54. The van der Waals surface area contributed by atoms with E-state index in [1.54, 1.807) is 0 Å². The smallest absolute Gasteiger partial charge is 0.0385 e. The van der Waals surface area contributed by atoms with Crippen LogP contribution in [0.4, 0.5) is 28.4 Å². The van der Waals surface area contributed by atoms with Gasteiger partial charge in [0, 0.05) is 41.5 Å². The van der Waals surface area contributed by atoms with Gasteiger partial charge in [-0.2, -0.15) is 0 Å². The van der Waals surface area contributed by atoms with E-state index in [0.29, 0.717) is 0 Å². The summed E-state index contributed by atoms with van der Waals surface area (Å²) in [5.74, 6) is 0. The highest BCUT2D eigenvalue weighted by Gasteiger charge is 1.99. The molecule has 162 valence electrons. The first-order valence-corrected chi connectivity index (χ1v) is 11.1. The molecule has 0 amide bonds. The van der Waals surface area contributed by atoms with Crippen LogP contribution in [0.25, 0.3) is 0 Å². The van der Waals surface area contributed by atoms with Crippen molar-refractivity contribution >= 4 is 28.4 Å². The predicted molar refractivity (Wildman–Crippen MR) is 138 cm³/mol. The Morgan fingerprint density at radius 1 is 0.469 bits per heavy atom. The molecule has 0 bridgehead atoms. The fourth-order valence-electron chi connectivity index (χ4n) is 3.54. The maximum absolute atomic E-state index is 5.73. The van der Waals surface area contributed by atoms with Gasteiger partial charge in [0.25, 0.3) is 0 Å². The summed E-state index contributed by atoms with van der Waals surface area (Å²) >= 11 is 0. The van der Waals surface area contributed by atoms with Crippen LogP contribution in [0.15, 0.2) is 103 Å². The van der Waals surface area contributed by atoms with Crippen LogP contribution >= 0.6 is 0 Å². The average molecular weight is 423 g/mol. The number of hydrogen-bond acceptors (Lipinski definition) is 4. The van der Waals surface area contributed by atoms with Gasteiger partial charge in [-0.1, -0.05) is 42.5 Å². The molecule has 4 aromatic carbocycles. The number of para-hydroxylation sites is 1. The molecule has 0 heterocycles. The minimum atomic E-state index is 0.790. The van der Waals surface area contributed by atoms with Crippen molar-refractivity contribution in [1.29, 1.82) is 0 Å². The number of nitrogen functional groups attached to an aromatic ring is 1. The van der Waals surface area contributed by atoms with Crippen LogP contribution in [0.5, 0.6) is 0 Å². The van der Waals surface area contributed by atoms with Crippen molar-refractivity contribution in [2.24, 2.45) is 0 Å². The summed E-state index contributed by atoms with van der Waals surface area (Å²) in [6.45, 7) is 1.81. The largest absolute Gasteiger partial charge is 0.399 e. The molecular weight excluding hydrogens is 392 g/mol. The van der Waals surface area contributed by atoms with Crippen molar-refractivity contribution in [2.45, 2.75) is 12.8 Å². The maximum Gasteiger partial charge on any atom is 0.0385 e. The van der Waals surface area contributed by atoms with Gasteiger partial charge in [-0.3, -0.25) is 0 Å². The van der Waals surface area contributed by atoms with E-state index < -0.39 is 0 Å². The Labute approximate surface area is 190 Å². The summed E-state index contributed by atoms with van der Waals surface area (Å²) in [5, 5.41) is 10.4. The SMILES string of the molecule is Nc1ccc(NCCc2ccc(CCNc3ccc(Nc4ccccc4)cc3)cc2)cc1. The molecule has 32 heavy (non-hydrogen) atoms.